The molecule has 2 saturated heterocycles. The summed E-state index contributed by atoms with van der Waals surface area (Å²) in [5, 5.41) is 9.38. The molecule has 2 aliphatic heterocycles. The van der Waals surface area contributed by atoms with Crippen LogP contribution in [0.4, 0.5) is 0 Å². The second-order valence-corrected chi connectivity index (χ2v) is 6.00. The molecule has 23 heavy (non-hydrogen) atoms. The Hall–Kier alpha value is -0.160. The summed E-state index contributed by atoms with van der Waals surface area (Å²) in [6.45, 7) is 28.1. The summed E-state index contributed by atoms with van der Waals surface area (Å²) in [7, 11) is 0. The van der Waals surface area contributed by atoms with Crippen molar-refractivity contribution in [2.45, 2.75) is 69.2 Å². The lowest BCUT2D eigenvalue weighted by molar-refractivity contribution is 0.109. The molecule has 3 N–H and O–H groups in total. The van der Waals surface area contributed by atoms with Crippen molar-refractivity contribution in [3.63, 3.8) is 0 Å². The highest BCUT2D eigenvalue weighted by Crippen LogP contribution is 1.81. The van der Waals surface area contributed by atoms with Crippen LogP contribution in [0.3, 0.4) is 0 Å². The zero-order chi connectivity index (χ0) is 18.9. The second-order valence-electron chi connectivity index (χ2n) is 6.00. The van der Waals surface area contributed by atoms with Crippen LogP contribution in [0, 0.1) is 11.8 Å². The molecule has 0 aromatic rings. The van der Waals surface area contributed by atoms with Crippen molar-refractivity contribution in [2.24, 2.45) is 11.8 Å². The van der Waals surface area contributed by atoms with Gasteiger partial charge in [-0.3, -0.25) is 0 Å². The SMILES string of the molecule is C1CNCN1.C1COCCN1.CC.CC.CC(C)C.CC(C)C. The van der Waals surface area contributed by atoms with E-state index in [0.29, 0.717) is 0 Å². The van der Waals surface area contributed by atoms with Gasteiger partial charge in [0.25, 0.3) is 0 Å². The van der Waals surface area contributed by atoms with Gasteiger partial charge in [0, 0.05) is 32.8 Å². The van der Waals surface area contributed by atoms with E-state index >= 15 is 0 Å². The van der Waals surface area contributed by atoms with E-state index in [2.05, 4.69) is 57.5 Å². The van der Waals surface area contributed by atoms with Crippen LogP contribution in [0.1, 0.15) is 69.2 Å². The molecule has 2 fully saturated rings. The largest absolute Gasteiger partial charge is 0.379 e. The van der Waals surface area contributed by atoms with Gasteiger partial charge in [-0.2, -0.15) is 0 Å². The Morgan fingerprint density at radius 1 is 0.565 bits per heavy atom. The zero-order valence-corrected chi connectivity index (χ0v) is 18.0. The highest BCUT2D eigenvalue weighted by atomic mass is 16.5. The number of morpholine rings is 1. The van der Waals surface area contributed by atoms with Crippen molar-refractivity contribution in [1.82, 2.24) is 16.0 Å². The Balaban J connectivity index is -0.0000000990. The van der Waals surface area contributed by atoms with E-state index < -0.39 is 0 Å². The molecule has 0 atom stereocenters. The normalized spacial score (nSPS) is 15.1. The number of rotatable bonds is 0. The van der Waals surface area contributed by atoms with Crippen molar-refractivity contribution >= 4 is 0 Å². The van der Waals surface area contributed by atoms with E-state index in [4.69, 9.17) is 4.74 Å². The molecule has 0 aromatic heterocycles. The van der Waals surface area contributed by atoms with Crippen molar-refractivity contribution in [3.8, 4) is 0 Å². The lowest BCUT2D eigenvalue weighted by atomic mass is 10.3. The molecular formula is C19H49N3O. The molecule has 0 saturated carbocycles. The van der Waals surface area contributed by atoms with Crippen LogP contribution in [0.25, 0.3) is 0 Å². The third-order valence-electron chi connectivity index (χ3n) is 1.57. The van der Waals surface area contributed by atoms with Crippen LogP contribution in [-0.2, 0) is 4.74 Å². The van der Waals surface area contributed by atoms with Gasteiger partial charge in [-0.1, -0.05) is 69.2 Å². The average molecular weight is 336 g/mol. The molecule has 0 spiro atoms. The minimum atomic E-state index is 0.833. The van der Waals surface area contributed by atoms with E-state index in [1.807, 2.05) is 27.7 Å². The molecular weight excluding hydrogens is 286 g/mol. The maximum atomic E-state index is 5.01. The molecule has 4 nitrogen and oxygen atoms in total. The molecule has 0 aliphatic carbocycles. The Morgan fingerprint density at radius 2 is 0.870 bits per heavy atom. The van der Waals surface area contributed by atoms with Crippen molar-refractivity contribution in [2.75, 3.05) is 46.1 Å². The maximum Gasteiger partial charge on any atom is 0.0591 e. The first-order valence-electron chi connectivity index (χ1n) is 9.66. The van der Waals surface area contributed by atoms with Gasteiger partial charge in [0.15, 0.2) is 0 Å². The Morgan fingerprint density at radius 3 is 0.957 bits per heavy atom. The lowest BCUT2D eigenvalue weighted by Gasteiger charge is -2.10. The fourth-order valence-corrected chi connectivity index (χ4v) is 0.958. The summed E-state index contributed by atoms with van der Waals surface area (Å²) in [6, 6.07) is 0. The summed E-state index contributed by atoms with van der Waals surface area (Å²) in [5.74, 6) is 1.67. The molecule has 4 heteroatoms. The van der Waals surface area contributed by atoms with Crippen LogP contribution >= 0.6 is 0 Å². The minimum Gasteiger partial charge on any atom is -0.379 e. The van der Waals surface area contributed by atoms with Crippen LogP contribution in [-0.4, -0.2) is 46.1 Å². The van der Waals surface area contributed by atoms with E-state index in [0.717, 1.165) is 57.9 Å². The second kappa shape index (κ2) is 33.4. The van der Waals surface area contributed by atoms with Gasteiger partial charge in [0.05, 0.1) is 13.2 Å². The first kappa shape index (κ1) is 30.7. The molecule has 2 aliphatic rings. The summed E-state index contributed by atoms with van der Waals surface area (Å²) in [5.41, 5.74) is 0. The van der Waals surface area contributed by atoms with Crippen LogP contribution in [0.5, 0.6) is 0 Å². The van der Waals surface area contributed by atoms with Crippen LogP contribution in [0.2, 0.25) is 0 Å². The van der Waals surface area contributed by atoms with Crippen molar-refractivity contribution in [1.29, 1.82) is 0 Å². The van der Waals surface area contributed by atoms with Crippen molar-refractivity contribution < 1.29 is 4.74 Å². The minimum absolute atomic E-state index is 0.833. The lowest BCUT2D eigenvalue weighted by Crippen LogP contribution is -2.30. The van der Waals surface area contributed by atoms with Crippen molar-refractivity contribution in [3.05, 3.63) is 0 Å². The third-order valence-corrected chi connectivity index (χ3v) is 1.57. The predicted molar refractivity (Wildman–Crippen MR) is 108 cm³/mol. The molecule has 0 bridgehead atoms. The van der Waals surface area contributed by atoms with Gasteiger partial charge in [-0.15, -0.1) is 0 Å². The summed E-state index contributed by atoms with van der Waals surface area (Å²) >= 11 is 0. The van der Waals surface area contributed by atoms with E-state index in [1.54, 1.807) is 0 Å². The van der Waals surface area contributed by atoms with Gasteiger partial charge in [0.1, 0.15) is 0 Å². The molecule has 0 radical (unpaired) electrons. The third kappa shape index (κ3) is 73.2. The fourth-order valence-electron chi connectivity index (χ4n) is 0.958. The van der Waals surface area contributed by atoms with Gasteiger partial charge in [-0.05, 0) is 11.8 Å². The van der Waals surface area contributed by atoms with Crippen LogP contribution < -0.4 is 16.0 Å². The Kier molecular flexibility index (Phi) is 44.6. The number of hydrogen-bond donors (Lipinski definition) is 3. The standard InChI is InChI=1S/C4H9NO.2C4H10.C3H8N2.2C2H6/c1-3-6-4-2-5-1;2*1-4(2)3;1-2-5-3-4-1;2*1-2/h5H,1-4H2;2*4H,1-3H3;4-5H,1-3H2;2*1-2H3. The highest BCUT2D eigenvalue weighted by Gasteiger charge is 1.93. The molecule has 0 aromatic carbocycles. The summed E-state index contributed by atoms with van der Waals surface area (Å²) < 4.78 is 5.01. The highest BCUT2D eigenvalue weighted by molar-refractivity contribution is 4.55. The maximum absolute atomic E-state index is 5.01. The molecule has 2 heterocycles. The number of hydrogen-bond acceptors (Lipinski definition) is 4. The van der Waals surface area contributed by atoms with Gasteiger partial charge >= 0.3 is 0 Å². The van der Waals surface area contributed by atoms with E-state index in [9.17, 15) is 0 Å². The predicted octanol–water partition coefficient (Wildman–Crippen LogP) is 4.12. The zero-order valence-electron chi connectivity index (χ0n) is 18.0. The van der Waals surface area contributed by atoms with E-state index in [1.165, 1.54) is 0 Å². The smallest absolute Gasteiger partial charge is 0.0591 e. The quantitative estimate of drug-likeness (QED) is 0.623. The fraction of sp³-hybridized carbons (Fsp3) is 1.00. The molecule has 146 valence electrons. The molecule has 0 amide bonds. The summed E-state index contributed by atoms with van der Waals surface area (Å²) in [4.78, 5) is 0. The van der Waals surface area contributed by atoms with Gasteiger partial charge < -0.3 is 20.7 Å². The first-order chi connectivity index (χ1) is 11.0. The Bertz CT molecular complexity index is 115. The number of nitrogens with one attached hydrogen (secondary N) is 3. The van der Waals surface area contributed by atoms with E-state index in [-0.39, 0.29) is 0 Å². The average Bonchev–Trinajstić information content (AvgIpc) is 3.11. The molecule has 0 unspecified atom stereocenters. The first-order valence-corrected chi connectivity index (χ1v) is 9.66. The van der Waals surface area contributed by atoms with Gasteiger partial charge in [-0.25, -0.2) is 0 Å². The van der Waals surface area contributed by atoms with Crippen LogP contribution in [0.15, 0.2) is 0 Å². The topological polar surface area (TPSA) is 45.3 Å². The number of ether oxygens (including phenoxy) is 1. The monoisotopic (exact) mass is 335 g/mol. The summed E-state index contributed by atoms with van der Waals surface area (Å²) in [6.07, 6.45) is 0. The Labute approximate surface area is 148 Å². The molecule has 2 rings (SSSR count). The van der Waals surface area contributed by atoms with Gasteiger partial charge in [0.2, 0.25) is 0 Å².